The van der Waals surface area contributed by atoms with Gasteiger partial charge in [-0.3, -0.25) is 9.78 Å². The summed E-state index contributed by atoms with van der Waals surface area (Å²) in [6, 6.07) is 14.2. The van der Waals surface area contributed by atoms with E-state index in [1.165, 1.54) is 30.6 Å². The summed E-state index contributed by atoms with van der Waals surface area (Å²) in [5.74, 6) is -0.517. The van der Waals surface area contributed by atoms with Gasteiger partial charge in [0.25, 0.3) is 0 Å². The summed E-state index contributed by atoms with van der Waals surface area (Å²) in [6.07, 6.45) is 3.05. The molecule has 0 aliphatic heterocycles. The van der Waals surface area contributed by atoms with Gasteiger partial charge in [-0.25, -0.2) is 4.39 Å². The van der Waals surface area contributed by atoms with Crippen molar-refractivity contribution in [2.45, 2.75) is 0 Å². The van der Waals surface area contributed by atoms with E-state index in [0.717, 1.165) is 10.9 Å². The Morgan fingerprint density at radius 3 is 2.81 bits per heavy atom. The Bertz CT molecular complexity index is 1480. The van der Waals surface area contributed by atoms with Gasteiger partial charge in [0.1, 0.15) is 11.6 Å². The molecule has 2 aromatic carbocycles. The van der Waals surface area contributed by atoms with Crippen LogP contribution in [0, 0.1) is 5.82 Å². The van der Waals surface area contributed by atoms with E-state index >= 15 is 0 Å². The highest BCUT2D eigenvalue weighted by atomic mass is 19.1. The zero-order chi connectivity index (χ0) is 21.5. The summed E-state index contributed by atoms with van der Waals surface area (Å²) >= 11 is 0. The third-order valence-electron chi connectivity index (χ3n) is 5.00. The van der Waals surface area contributed by atoms with Gasteiger partial charge in [-0.15, -0.1) is 0 Å². The zero-order valence-electron chi connectivity index (χ0n) is 16.3. The molecule has 7 nitrogen and oxygen atoms in total. The second-order valence-electron chi connectivity index (χ2n) is 6.97. The van der Waals surface area contributed by atoms with Crippen molar-refractivity contribution in [3.63, 3.8) is 0 Å². The maximum absolute atomic E-state index is 13.5. The van der Waals surface area contributed by atoms with Crippen molar-refractivity contribution in [1.29, 1.82) is 0 Å². The molecule has 1 N–H and O–H groups in total. The predicted octanol–water partition coefficient (Wildman–Crippen LogP) is 4.38. The van der Waals surface area contributed by atoms with Crippen molar-refractivity contribution in [2.24, 2.45) is 7.05 Å². The molecular weight excluding hydrogens is 399 g/mol. The smallest absolute Gasteiger partial charge is 0.325 e. The number of nitrogens with zero attached hydrogens (tertiary/aromatic N) is 4. The molecule has 0 saturated heterocycles. The third-order valence-corrected chi connectivity index (χ3v) is 5.00. The van der Waals surface area contributed by atoms with E-state index in [9.17, 15) is 14.3 Å². The molecule has 0 unspecified atom stereocenters. The molecule has 0 fully saturated rings. The number of hydrogen-bond acceptors (Lipinski definition) is 6. The molecule has 0 bridgehead atoms. The van der Waals surface area contributed by atoms with Crippen LogP contribution in [0.5, 0.6) is 17.6 Å². The molecule has 152 valence electrons. The number of carbonyl (C=O) groups is 1. The first-order valence-electron chi connectivity index (χ1n) is 9.38. The highest BCUT2D eigenvalue weighted by Gasteiger charge is 2.17. The highest BCUT2D eigenvalue weighted by molar-refractivity contribution is 6.10. The summed E-state index contributed by atoms with van der Waals surface area (Å²) in [5.41, 5.74) is 1.89. The van der Waals surface area contributed by atoms with Gasteiger partial charge in [0.05, 0.1) is 28.3 Å². The SMILES string of the molecule is Cn1c(C(=O)c2cccc(F)c2)cc2ccc(Oc3nc(O)c4ccncc4n3)cc21. The Kier molecular flexibility index (Phi) is 4.32. The monoisotopic (exact) mass is 414 g/mol. The number of halogens is 1. The Balaban J connectivity index is 1.51. The standard InChI is InChI=1S/C23H15FN4O3/c1-28-19-11-16(31-23-26-18-12-25-8-7-17(18)22(30)27-23)6-5-13(19)10-20(28)21(29)14-3-2-4-15(24)9-14/h2-12H,1H3,(H,26,27,30). The number of pyridine rings is 1. The molecule has 5 rings (SSSR count). The summed E-state index contributed by atoms with van der Waals surface area (Å²) in [7, 11) is 1.75. The summed E-state index contributed by atoms with van der Waals surface area (Å²) in [6.45, 7) is 0. The molecule has 5 aromatic rings. The Hall–Kier alpha value is -4.33. The van der Waals surface area contributed by atoms with Crippen LogP contribution in [0.15, 0.2) is 67.0 Å². The quantitative estimate of drug-likeness (QED) is 0.439. The van der Waals surface area contributed by atoms with E-state index in [2.05, 4.69) is 15.0 Å². The van der Waals surface area contributed by atoms with Gasteiger partial charge in [-0.1, -0.05) is 12.1 Å². The lowest BCUT2D eigenvalue weighted by molar-refractivity contribution is 0.103. The minimum absolute atomic E-state index is 0.0254. The molecule has 0 radical (unpaired) electrons. The van der Waals surface area contributed by atoms with Crippen molar-refractivity contribution < 1.29 is 19.0 Å². The van der Waals surface area contributed by atoms with E-state index in [-0.39, 0.29) is 23.2 Å². The molecule has 0 spiro atoms. The number of hydrogen-bond donors (Lipinski definition) is 1. The first-order valence-corrected chi connectivity index (χ1v) is 9.38. The van der Waals surface area contributed by atoms with E-state index < -0.39 is 5.82 Å². The predicted molar refractivity (Wildman–Crippen MR) is 112 cm³/mol. The minimum atomic E-state index is -0.464. The molecule has 0 saturated carbocycles. The number of fused-ring (bicyclic) bond motifs is 2. The number of benzene rings is 2. The third kappa shape index (κ3) is 3.33. The van der Waals surface area contributed by atoms with Crippen LogP contribution in [0.25, 0.3) is 21.8 Å². The number of aromatic hydroxyl groups is 1. The Morgan fingerprint density at radius 2 is 1.97 bits per heavy atom. The summed E-state index contributed by atoms with van der Waals surface area (Å²) in [5, 5.41) is 11.4. The van der Waals surface area contributed by atoms with Crippen LogP contribution in [0.4, 0.5) is 4.39 Å². The molecule has 0 aliphatic carbocycles. The molecule has 3 heterocycles. The first kappa shape index (κ1) is 18.7. The minimum Gasteiger partial charge on any atom is -0.493 e. The van der Waals surface area contributed by atoms with E-state index in [1.54, 1.807) is 48.0 Å². The van der Waals surface area contributed by atoms with Gasteiger partial charge in [-0.2, -0.15) is 9.97 Å². The van der Waals surface area contributed by atoms with Crippen LogP contribution in [0.1, 0.15) is 16.1 Å². The topological polar surface area (TPSA) is 90.1 Å². The van der Waals surface area contributed by atoms with Crippen LogP contribution in [-0.2, 0) is 7.05 Å². The number of carbonyl (C=O) groups excluding carboxylic acids is 1. The van der Waals surface area contributed by atoms with Crippen LogP contribution in [0.2, 0.25) is 0 Å². The average molecular weight is 414 g/mol. The first-order chi connectivity index (χ1) is 15.0. The van der Waals surface area contributed by atoms with Crippen LogP contribution < -0.4 is 4.74 Å². The normalized spacial score (nSPS) is 11.2. The van der Waals surface area contributed by atoms with Crippen LogP contribution >= 0.6 is 0 Å². The molecule has 0 aliphatic rings. The maximum atomic E-state index is 13.5. The number of ether oxygens (including phenoxy) is 1. The van der Waals surface area contributed by atoms with Gasteiger partial charge in [-0.05, 0) is 36.4 Å². The number of aromatic nitrogens is 4. The van der Waals surface area contributed by atoms with Crippen LogP contribution in [0.3, 0.4) is 0 Å². The Labute approximate surface area is 175 Å². The van der Waals surface area contributed by atoms with Crippen molar-refractivity contribution in [1.82, 2.24) is 19.5 Å². The van der Waals surface area contributed by atoms with E-state index in [1.807, 2.05) is 0 Å². The van der Waals surface area contributed by atoms with Crippen LogP contribution in [-0.4, -0.2) is 30.4 Å². The summed E-state index contributed by atoms with van der Waals surface area (Å²) in [4.78, 5) is 25.1. The zero-order valence-corrected chi connectivity index (χ0v) is 16.3. The number of ketones is 1. The lowest BCUT2D eigenvalue weighted by atomic mass is 10.1. The van der Waals surface area contributed by atoms with Crippen molar-refractivity contribution in [2.75, 3.05) is 0 Å². The number of rotatable bonds is 4. The van der Waals surface area contributed by atoms with Gasteiger partial charge in [0.15, 0.2) is 0 Å². The maximum Gasteiger partial charge on any atom is 0.325 e. The molecule has 31 heavy (non-hydrogen) atoms. The lowest BCUT2D eigenvalue weighted by Crippen LogP contribution is -2.07. The summed E-state index contributed by atoms with van der Waals surface area (Å²) < 4.78 is 21.0. The second-order valence-corrected chi connectivity index (χ2v) is 6.97. The lowest BCUT2D eigenvalue weighted by Gasteiger charge is -2.07. The van der Waals surface area contributed by atoms with Gasteiger partial charge >= 0.3 is 6.01 Å². The van der Waals surface area contributed by atoms with Gasteiger partial charge in [0.2, 0.25) is 11.7 Å². The molecule has 0 atom stereocenters. The van der Waals surface area contributed by atoms with Crippen molar-refractivity contribution in [3.05, 3.63) is 84.1 Å². The molecule has 0 amide bonds. The molecule has 3 aromatic heterocycles. The largest absolute Gasteiger partial charge is 0.493 e. The molecular formula is C23H15FN4O3. The van der Waals surface area contributed by atoms with Crippen molar-refractivity contribution in [3.8, 4) is 17.6 Å². The van der Waals surface area contributed by atoms with Gasteiger partial charge in [0, 0.05) is 30.3 Å². The number of aryl methyl sites for hydroxylation is 1. The van der Waals surface area contributed by atoms with E-state index in [4.69, 9.17) is 4.74 Å². The highest BCUT2D eigenvalue weighted by Crippen LogP contribution is 2.29. The van der Waals surface area contributed by atoms with Gasteiger partial charge < -0.3 is 14.4 Å². The average Bonchev–Trinajstić information content (AvgIpc) is 3.09. The molecule has 8 heteroatoms. The fourth-order valence-electron chi connectivity index (χ4n) is 3.46. The fraction of sp³-hybridized carbons (Fsp3) is 0.0435. The Morgan fingerprint density at radius 1 is 1.10 bits per heavy atom. The fourth-order valence-corrected chi connectivity index (χ4v) is 3.46. The van der Waals surface area contributed by atoms with Crippen molar-refractivity contribution >= 4 is 27.6 Å². The second kappa shape index (κ2) is 7.17. The van der Waals surface area contributed by atoms with E-state index in [0.29, 0.717) is 22.3 Å².